The number of aromatic nitrogens is 3. The first-order valence-electron chi connectivity index (χ1n) is 8.16. The van der Waals surface area contributed by atoms with Gasteiger partial charge in [0.25, 0.3) is 0 Å². The second-order valence-electron chi connectivity index (χ2n) is 6.03. The predicted molar refractivity (Wildman–Crippen MR) is 93.2 cm³/mol. The van der Waals surface area contributed by atoms with Crippen molar-refractivity contribution in [3.63, 3.8) is 0 Å². The van der Waals surface area contributed by atoms with Gasteiger partial charge in [0.05, 0.1) is 13.2 Å². The van der Waals surface area contributed by atoms with E-state index in [2.05, 4.69) is 27.1 Å². The van der Waals surface area contributed by atoms with Crippen molar-refractivity contribution in [1.29, 1.82) is 0 Å². The topological polar surface area (TPSA) is 80.0 Å². The molecule has 1 saturated heterocycles. The Balaban J connectivity index is 1.73. The molecule has 25 heavy (non-hydrogen) atoms. The van der Waals surface area contributed by atoms with Crippen molar-refractivity contribution in [3.05, 3.63) is 47.7 Å². The molecule has 0 spiro atoms. The number of aromatic carboxylic acids is 1. The van der Waals surface area contributed by atoms with Gasteiger partial charge >= 0.3 is 5.97 Å². The molecule has 3 aromatic rings. The van der Waals surface area contributed by atoms with Gasteiger partial charge in [0.2, 0.25) is 0 Å². The number of rotatable bonds is 3. The molecule has 1 aliphatic rings. The minimum Gasteiger partial charge on any atom is -0.478 e. The molecule has 4 rings (SSSR count). The van der Waals surface area contributed by atoms with E-state index in [1.54, 1.807) is 12.3 Å². The number of morpholine rings is 1. The van der Waals surface area contributed by atoms with E-state index in [4.69, 9.17) is 4.74 Å². The van der Waals surface area contributed by atoms with Crippen LogP contribution in [-0.2, 0) is 4.74 Å². The second-order valence-corrected chi connectivity index (χ2v) is 6.03. The second kappa shape index (κ2) is 6.18. The number of nitrogens with zero attached hydrogens (tertiary/aromatic N) is 4. The predicted octanol–water partition coefficient (Wildman–Crippen LogP) is 2.24. The van der Waals surface area contributed by atoms with Crippen LogP contribution >= 0.6 is 0 Å². The Morgan fingerprint density at radius 2 is 2.04 bits per heavy atom. The van der Waals surface area contributed by atoms with Crippen LogP contribution in [0.15, 0.2) is 36.5 Å². The van der Waals surface area contributed by atoms with Gasteiger partial charge in [-0.15, -0.1) is 5.10 Å². The molecular weight excluding hydrogens is 320 g/mol. The molecule has 1 fully saturated rings. The van der Waals surface area contributed by atoms with Gasteiger partial charge in [-0.2, -0.15) is 0 Å². The lowest BCUT2D eigenvalue weighted by Crippen LogP contribution is -2.36. The molecule has 1 aromatic carbocycles. The molecule has 3 heterocycles. The first kappa shape index (κ1) is 15.6. The van der Waals surface area contributed by atoms with E-state index in [1.807, 2.05) is 13.0 Å². The summed E-state index contributed by atoms with van der Waals surface area (Å²) in [6.45, 7) is 5.27. The monoisotopic (exact) mass is 338 g/mol. The van der Waals surface area contributed by atoms with Crippen LogP contribution in [0, 0.1) is 6.92 Å². The summed E-state index contributed by atoms with van der Waals surface area (Å²) in [5.41, 5.74) is 3.60. The van der Waals surface area contributed by atoms with Crippen LogP contribution in [0.4, 0.5) is 5.69 Å². The van der Waals surface area contributed by atoms with Gasteiger partial charge < -0.3 is 14.7 Å². The summed E-state index contributed by atoms with van der Waals surface area (Å²) in [5.74, 6) is -0.483. The van der Waals surface area contributed by atoms with Crippen molar-refractivity contribution >= 4 is 17.3 Å². The van der Waals surface area contributed by atoms with Crippen molar-refractivity contribution in [3.8, 4) is 11.4 Å². The summed E-state index contributed by atoms with van der Waals surface area (Å²) < 4.78 is 6.90. The Bertz CT molecular complexity index is 945. The lowest BCUT2D eigenvalue weighted by molar-refractivity contribution is 0.0698. The number of hydrogen-bond donors (Lipinski definition) is 1. The number of benzene rings is 1. The highest BCUT2D eigenvalue weighted by atomic mass is 16.5. The van der Waals surface area contributed by atoms with Crippen molar-refractivity contribution in [1.82, 2.24) is 14.6 Å². The largest absolute Gasteiger partial charge is 0.478 e. The lowest BCUT2D eigenvalue weighted by atomic mass is 10.1. The standard InChI is InChI=1S/C18H18N4O3/c1-12-11-13(21-7-9-25-10-8-21)4-5-14(12)16-19-17-15(18(23)24)3-2-6-22(17)20-16/h2-6,11H,7-10H2,1H3,(H,23,24). The minimum absolute atomic E-state index is 0.142. The zero-order chi connectivity index (χ0) is 17.4. The maximum Gasteiger partial charge on any atom is 0.339 e. The third kappa shape index (κ3) is 2.83. The number of pyridine rings is 1. The van der Waals surface area contributed by atoms with Gasteiger partial charge in [0, 0.05) is 30.5 Å². The number of carbonyl (C=O) groups is 1. The summed E-state index contributed by atoms with van der Waals surface area (Å²) >= 11 is 0. The maximum absolute atomic E-state index is 11.4. The maximum atomic E-state index is 11.4. The van der Waals surface area contributed by atoms with Crippen molar-refractivity contribution < 1.29 is 14.6 Å². The molecule has 1 N–H and O–H groups in total. The van der Waals surface area contributed by atoms with Gasteiger partial charge in [-0.05, 0) is 42.8 Å². The molecule has 0 radical (unpaired) electrons. The summed E-state index contributed by atoms with van der Waals surface area (Å²) in [6.07, 6.45) is 1.70. The highest BCUT2D eigenvalue weighted by molar-refractivity contribution is 5.94. The van der Waals surface area contributed by atoms with E-state index in [0.29, 0.717) is 11.5 Å². The Morgan fingerprint density at radius 1 is 1.24 bits per heavy atom. The highest BCUT2D eigenvalue weighted by Gasteiger charge is 2.17. The van der Waals surface area contributed by atoms with E-state index in [9.17, 15) is 9.90 Å². The fourth-order valence-corrected chi connectivity index (χ4v) is 3.10. The van der Waals surface area contributed by atoms with Gasteiger partial charge in [-0.3, -0.25) is 0 Å². The van der Waals surface area contributed by atoms with Crippen molar-refractivity contribution in [2.75, 3.05) is 31.2 Å². The first-order valence-corrected chi connectivity index (χ1v) is 8.16. The zero-order valence-electron chi connectivity index (χ0n) is 13.8. The molecule has 7 nitrogen and oxygen atoms in total. The van der Waals surface area contributed by atoms with Gasteiger partial charge in [-0.1, -0.05) is 0 Å². The molecule has 0 saturated carbocycles. The number of carboxylic acids is 1. The van der Waals surface area contributed by atoms with Crippen LogP contribution in [0.1, 0.15) is 15.9 Å². The van der Waals surface area contributed by atoms with Crippen LogP contribution in [0.25, 0.3) is 17.0 Å². The van der Waals surface area contributed by atoms with Gasteiger partial charge in [0.15, 0.2) is 11.5 Å². The molecule has 0 atom stereocenters. The van der Waals surface area contributed by atoms with E-state index >= 15 is 0 Å². The third-order valence-corrected chi connectivity index (χ3v) is 4.42. The fraction of sp³-hybridized carbons (Fsp3) is 0.278. The number of anilines is 1. The molecule has 0 amide bonds. The Kier molecular flexibility index (Phi) is 3.85. The highest BCUT2D eigenvalue weighted by Crippen LogP contribution is 2.26. The van der Waals surface area contributed by atoms with Gasteiger partial charge in [0.1, 0.15) is 5.56 Å². The van der Waals surface area contributed by atoms with E-state index in [1.165, 1.54) is 10.6 Å². The quantitative estimate of drug-likeness (QED) is 0.789. The molecular formula is C18H18N4O3. The number of hydrogen-bond acceptors (Lipinski definition) is 5. The molecule has 2 aromatic heterocycles. The van der Waals surface area contributed by atoms with Crippen LogP contribution < -0.4 is 4.90 Å². The Hall–Kier alpha value is -2.93. The number of ether oxygens (including phenoxy) is 1. The number of fused-ring (bicyclic) bond motifs is 1. The molecule has 0 bridgehead atoms. The first-order chi connectivity index (χ1) is 12.1. The summed E-state index contributed by atoms with van der Waals surface area (Å²) in [5, 5.41) is 13.7. The normalized spacial score (nSPS) is 14.8. The van der Waals surface area contributed by atoms with Crippen LogP contribution in [0.3, 0.4) is 0 Å². The molecule has 1 aliphatic heterocycles. The van der Waals surface area contributed by atoms with E-state index in [-0.39, 0.29) is 5.56 Å². The summed E-state index contributed by atoms with van der Waals surface area (Å²) in [4.78, 5) is 18.1. The average molecular weight is 338 g/mol. The molecule has 128 valence electrons. The molecule has 0 unspecified atom stereocenters. The van der Waals surface area contributed by atoms with Gasteiger partial charge in [-0.25, -0.2) is 14.3 Å². The van der Waals surface area contributed by atoms with E-state index in [0.717, 1.165) is 43.1 Å². The zero-order valence-corrected chi connectivity index (χ0v) is 13.8. The van der Waals surface area contributed by atoms with Crippen LogP contribution in [-0.4, -0.2) is 52.0 Å². The lowest BCUT2D eigenvalue weighted by Gasteiger charge is -2.29. The number of carboxylic acid groups (broad SMARTS) is 1. The van der Waals surface area contributed by atoms with Crippen LogP contribution in [0.2, 0.25) is 0 Å². The number of aryl methyl sites for hydroxylation is 1. The summed E-state index contributed by atoms with van der Waals surface area (Å²) in [7, 11) is 0. The summed E-state index contributed by atoms with van der Waals surface area (Å²) in [6, 6.07) is 9.35. The van der Waals surface area contributed by atoms with Crippen molar-refractivity contribution in [2.24, 2.45) is 0 Å². The van der Waals surface area contributed by atoms with Crippen molar-refractivity contribution in [2.45, 2.75) is 6.92 Å². The third-order valence-electron chi connectivity index (χ3n) is 4.42. The minimum atomic E-state index is -1.01. The Labute approximate surface area is 144 Å². The van der Waals surface area contributed by atoms with Crippen LogP contribution in [0.5, 0.6) is 0 Å². The SMILES string of the molecule is Cc1cc(N2CCOCC2)ccc1-c1nc2c(C(=O)O)cccn2n1. The average Bonchev–Trinajstić information content (AvgIpc) is 3.06. The molecule has 0 aliphatic carbocycles. The van der Waals surface area contributed by atoms with E-state index < -0.39 is 5.97 Å². The smallest absolute Gasteiger partial charge is 0.339 e. The molecule has 7 heteroatoms. The Morgan fingerprint density at radius 3 is 2.76 bits per heavy atom. The fourth-order valence-electron chi connectivity index (χ4n) is 3.10.